The number of hydrogen-bond donors (Lipinski definition) is 1. The van der Waals surface area contributed by atoms with Crippen molar-refractivity contribution >= 4 is 21.6 Å². The van der Waals surface area contributed by atoms with Gasteiger partial charge in [-0.15, -0.1) is 0 Å². The fourth-order valence-electron chi connectivity index (χ4n) is 3.34. The number of hydrogen-bond acceptors (Lipinski definition) is 3. The van der Waals surface area contributed by atoms with E-state index in [1.54, 1.807) is 0 Å². The Morgan fingerprint density at radius 2 is 1.70 bits per heavy atom. The summed E-state index contributed by atoms with van der Waals surface area (Å²) in [6.45, 7) is 2.40. The number of nitrogens with one attached hydrogen (secondary N) is 1. The SMILES string of the molecule is CC1CCCCN(S(=O)(=O)c2cc(C(=O)Nc3cc(F)c(F)c(F)c3)ccc2F)C1. The highest BCUT2D eigenvalue weighted by molar-refractivity contribution is 7.89. The quantitative estimate of drug-likeness (QED) is 0.565. The van der Waals surface area contributed by atoms with E-state index < -0.39 is 44.1 Å². The van der Waals surface area contributed by atoms with Crippen LogP contribution in [0.1, 0.15) is 36.5 Å². The van der Waals surface area contributed by atoms with Crippen molar-refractivity contribution in [2.45, 2.75) is 31.1 Å². The molecule has 10 heteroatoms. The summed E-state index contributed by atoms with van der Waals surface area (Å²) in [7, 11) is -4.19. The van der Waals surface area contributed by atoms with Gasteiger partial charge < -0.3 is 5.32 Å². The first kappa shape index (κ1) is 22.2. The van der Waals surface area contributed by atoms with E-state index in [1.165, 1.54) is 4.31 Å². The topological polar surface area (TPSA) is 66.5 Å². The van der Waals surface area contributed by atoms with Gasteiger partial charge in [0.2, 0.25) is 10.0 Å². The molecule has 0 saturated carbocycles. The number of benzene rings is 2. The van der Waals surface area contributed by atoms with Crippen molar-refractivity contribution in [1.29, 1.82) is 0 Å². The van der Waals surface area contributed by atoms with Crippen molar-refractivity contribution in [3.63, 3.8) is 0 Å². The Labute approximate surface area is 171 Å². The van der Waals surface area contributed by atoms with Gasteiger partial charge in [0.15, 0.2) is 17.5 Å². The Morgan fingerprint density at radius 3 is 2.37 bits per heavy atom. The molecular weight excluding hydrogens is 424 g/mol. The molecule has 1 atom stereocenters. The molecule has 5 nitrogen and oxygen atoms in total. The van der Waals surface area contributed by atoms with Gasteiger partial charge in [-0.05, 0) is 37.0 Å². The van der Waals surface area contributed by atoms with Gasteiger partial charge in [0, 0.05) is 36.5 Å². The first-order chi connectivity index (χ1) is 14.1. The first-order valence-electron chi connectivity index (χ1n) is 9.35. The van der Waals surface area contributed by atoms with Crippen LogP contribution < -0.4 is 5.32 Å². The Hall–Kier alpha value is -2.46. The van der Waals surface area contributed by atoms with Crippen LogP contribution in [-0.2, 0) is 10.0 Å². The molecule has 30 heavy (non-hydrogen) atoms. The van der Waals surface area contributed by atoms with Gasteiger partial charge in [0.1, 0.15) is 10.7 Å². The van der Waals surface area contributed by atoms with Crippen molar-refractivity contribution in [2.24, 2.45) is 5.92 Å². The van der Waals surface area contributed by atoms with Crippen molar-refractivity contribution in [1.82, 2.24) is 4.31 Å². The number of halogens is 4. The molecular formula is C20H20F4N2O3S. The van der Waals surface area contributed by atoms with Crippen LogP contribution in [0.2, 0.25) is 0 Å². The lowest BCUT2D eigenvalue weighted by atomic mass is 10.1. The van der Waals surface area contributed by atoms with E-state index in [0.717, 1.165) is 31.0 Å². The van der Waals surface area contributed by atoms with Crippen LogP contribution in [0.15, 0.2) is 35.2 Å². The molecule has 1 heterocycles. The fraction of sp³-hybridized carbons (Fsp3) is 0.350. The Kier molecular flexibility index (Phi) is 6.47. The van der Waals surface area contributed by atoms with Crippen LogP contribution in [0, 0.1) is 29.2 Å². The molecule has 1 fully saturated rings. The number of sulfonamides is 1. The lowest BCUT2D eigenvalue weighted by Gasteiger charge is -2.22. The third-order valence-electron chi connectivity index (χ3n) is 4.92. The number of amides is 1. The zero-order valence-electron chi connectivity index (χ0n) is 16.1. The average Bonchev–Trinajstić information content (AvgIpc) is 2.91. The van der Waals surface area contributed by atoms with E-state index in [2.05, 4.69) is 5.32 Å². The molecule has 1 saturated heterocycles. The summed E-state index contributed by atoms with van der Waals surface area (Å²) in [5, 5.41) is 2.15. The number of carbonyl (C=O) groups excluding carboxylic acids is 1. The molecule has 3 rings (SSSR count). The molecule has 162 valence electrons. The highest BCUT2D eigenvalue weighted by Gasteiger charge is 2.30. The summed E-state index contributed by atoms with van der Waals surface area (Å²) in [5.74, 6) is -6.51. The molecule has 1 amide bonds. The van der Waals surface area contributed by atoms with Crippen LogP contribution in [0.3, 0.4) is 0 Å². The molecule has 2 aromatic carbocycles. The van der Waals surface area contributed by atoms with Gasteiger partial charge in [-0.1, -0.05) is 13.3 Å². The van der Waals surface area contributed by atoms with Crippen LogP contribution >= 0.6 is 0 Å². The van der Waals surface area contributed by atoms with Crippen molar-refractivity contribution < 1.29 is 30.8 Å². The van der Waals surface area contributed by atoms with Crippen LogP contribution in [0.25, 0.3) is 0 Å². The Morgan fingerprint density at radius 1 is 1.03 bits per heavy atom. The zero-order valence-corrected chi connectivity index (χ0v) is 16.9. The maximum absolute atomic E-state index is 14.4. The minimum absolute atomic E-state index is 0.111. The summed E-state index contributed by atoms with van der Waals surface area (Å²) in [4.78, 5) is 11.8. The number of anilines is 1. The minimum atomic E-state index is -4.19. The monoisotopic (exact) mass is 444 g/mol. The molecule has 1 aliphatic heterocycles. The van der Waals surface area contributed by atoms with Gasteiger partial charge in [-0.2, -0.15) is 4.31 Å². The summed E-state index contributed by atoms with van der Waals surface area (Å²) < 4.78 is 81.3. The highest BCUT2D eigenvalue weighted by Crippen LogP contribution is 2.26. The summed E-state index contributed by atoms with van der Waals surface area (Å²) in [6, 6.07) is 3.93. The standard InChI is InChI=1S/C20H20F4N2O3S/c1-12-4-2-3-7-26(11-12)30(28,29)18-8-13(5-6-15(18)21)20(27)25-14-9-16(22)19(24)17(23)10-14/h5-6,8-10,12H,2-4,7,11H2,1H3,(H,25,27). The molecule has 1 aliphatic rings. The van der Waals surface area contributed by atoms with E-state index in [0.29, 0.717) is 18.6 Å². The van der Waals surface area contributed by atoms with Crippen molar-refractivity contribution in [3.8, 4) is 0 Å². The smallest absolute Gasteiger partial charge is 0.255 e. The maximum atomic E-state index is 14.4. The van der Waals surface area contributed by atoms with E-state index >= 15 is 0 Å². The predicted molar refractivity (Wildman–Crippen MR) is 102 cm³/mol. The van der Waals surface area contributed by atoms with Gasteiger partial charge in [0.05, 0.1) is 0 Å². The molecule has 0 spiro atoms. The zero-order chi connectivity index (χ0) is 22.1. The average molecular weight is 444 g/mol. The van der Waals surface area contributed by atoms with Crippen molar-refractivity contribution in [2.75, 3.05) is 18.4 Å². The molecule has 1 unspecified atom stereocenters. The second kappa shape index (κ2) is 8.73. The maximum Gasteiger partial charge on any atom is 0.255 e. The molecule has 0 bridgehead atoms. The largest absolute Gasteiger partial charge is 0.322 e. The second-order valence-electron chi connectivity index (χ2n) is 7.32. The first-order valence-corrected chi connectivity index (χ1v) is 10.8. The molecule has 2 aromatic rings. The highest BCUT2D eigenvalue weighted by atomic mass is 32.2. The molecule has 0 radical (unpaired) electrons. The van der Waals surface area contributed by atoms with E-state index in [1.807, 2.05) is 6.92 Å². The summed E-state index contributed by atoms with van der Waals surface area (Å²) in [6.07, 6.45) is 2.37. The Balaban J connectivity index is 1.90. The fourth-order valence-corrected chi connectivity index (χ4v) is 5.03. The third kappa shape index (κ3) is 4.65. The Bertz CT molecular complexity index is 1050. The van der Waals surface area contributed by atoms with Gasteiger partial charge in [-0.25, -0.2) is 26.0 Å². The molecule has 0 aliphatic carbocycles. The number of rotatable bonds is 4. The predicted octanol–water partition coefficient (Wildman–Crippen LogP) is 4.31. The van der Waals surface area contributed by atoms with Gasteiger partial charge in [0.25, 0.3) is 5.91 Å². The lowest BCUT2D eigenvalue weighted by Crippen LogP contribution is -2.34. The summed E-state index contributed by atoms with van der Waals surface area (Å²) in [5.41, 5.74) is -0.602. The van der Waals surface area contributed by atoms with E-state index in [9.17, 15) is 30.8 Å². The summed E-state index contributed by atoms with van der Waals surface area (Å²) >= 11 is 0. The lowest BCUT2D eigenvalue weighted by molar-refractivity contribution is 0.102. The van der Waals surface area contributed by atoms with Crippen molar-refractivity contribution in [3.05, 3.63) is 59.2 Å². The van der Waals surface area contributed by atoms with E-state index in [4.69, 9.17) is 0 Å². The number of carbonyl (C=O) groups is 1. The molecule has 0 aromatic heterocycles. The van der Waals surface area contributed by atoms with Crippen LogP contribution in [0.5, 0.6) is 0 Å². The van der Waals surface area contributed by atoms with Crippen LogP contribution in [0.4, 0.5) is 23.2 Å². The van der Waals surface area contributed by atoms with E-state index in [-0.39, 0.29) is 30.3 Å². The normalized spacial score (nSPS) is 18.1. The molecule has 1 N–H and O–H groups in total. The third-order valence-corrected chi connectivity index (χ3v) is 6.80. The van der Waals surface area contributed by atoms with Crippen LogP contribution in [-0.4, -0.2) is 31.7 Å². The number of nitrogens with zero attached hydrogens (tertiary/aromatic N) is 1. The minimum Gasteiger partial charge on any atom is -0.322 e. The van der Waals surface area contributed by atoms with Gasteiger partial charge >= 0.3 is 0 Å². The van der Waals surface area contributed by atoms with Gasteiger partial charge in [-0.3, -0.25) is 4.79 Å². The second-order valence-corrected chi connectivity index (χ2v) is 9.22.